The molecule has 116 valence electrons. The Hall–Kier alpha value is -1.06. The quantitative estimate of drug-likeness (QED) is 0.853. The van der Waals surface area contributed by atoms with Gasteiger partial charge in [0.2, 0.25) is 0 Å². The van der Waals surface area contributed by atoms with Gasteiger partial charge in [-0.1, -0.05) is 37.6 Å². The van der Waals surface area contributed by atoms with Gasteiger partial charge < -0.3 is 10.1 Å². The normalized spacial score (nSPS) is 18.8. The maximum atomic E-state index is 6.10. The Kier molecular flexibility index (Phi) is 5.65. The molecule has 1 aromatic carbocycles. The zero-order valence-corrected chi connectivity index (χ0v) is 13.9. The monoisotopic (exact) mass is 308 g/mol. The van der Waals surface area contributed by atoms with Gasteiger partial charge in [-0.2, -0.15) is 0 Å². The molecule has 4 heteroatoms. The second-order valence-corrected chi connectivity index (χ2v) is 6.09. The van der Waals surface area contributed by atoms with Gasteiger partial charge in [-0.05, 0) is 37.5 Å². The Morgan fingerprint density at radius 1 is 1.33 bits per heavy atom. The van der Waals surface area contributed by atoms with E-state index < -0.39 is 0 Å². The highest BCUT2D eigenvalue weighted by Gasteiger charge is 2.32. The van der Waals surface area contributed by atoms with Gasteiger partial charge in [-0.15, -0.1) is 0 Å². The van der Waals surface area contributed by atoms with Crippen LogP contribution in [0.1, 0.15) is 45.3 Å². The Bertz CT molecular complexity index is 497. The van der Waals surface area contributed by atoms with Crippen LogP contribution in [0.2, 0.25) is 5.02 Å². The third kappa shape index (κ3) is 3.78. The first-order chi connectivity index (χ1) is 10.1. The lowest BCUT2D eigenvalue weighted by atomic mass is 9.81. The van der Waals surface area contributed by atoms with Crippen molar-refractivity contribution in [3.8, 4) is 0 Å². The minimum atomic E-state index is -0.152. The standard InChI is InChI=1S/C17H25ClN2O/c1-4-17(5-2)11-19-16(20-12-17)15(21-6-3)13-8-7-9-14(18)10-13/h7-10,15H,4-6,11-12H2,1-3H3,(H,19,20). The Balaban J connectivity index is 2.22. The first kappa shape index (κ1) is 16.3. The third-order valence-electron chi connectivity index (χ3n) is 4.46. The molecular formula is C17H25ClN2O. The third-order valence-corrected chi connectivity index (χ3v) is 4.70. The largest absolute Gasteiger partial charge is 0.371 e. The minimum absolute atomic E-state index is 0.152. The van der Waals surface area contributed by atoms with E-state index in [1.165, 1.54) is 0 Å². The van der Waals surface area contributed by atoms with E-state index in [0.29, 0.717) is 6.61 Å². The number of hydrogen-bond acceptors (Lipinski definition) is 3. The summed E-state index contributed by atoms with van der Waals surface area (Å²) in [6, 6.07) is 7.82. The maximum absolute atomic E-state index is 6.10. The number of nitrogens with one attached hydrogen (secondary N) is 1. The van der Waals surface area contributed by atoms with Crippen molar-refractivity contribution in [3.63, 3.8) is 0 Å². The lowest BCUT2D eigenvalue weighted by Crippen LogP contribution is -2.46. The van der Waals surface area contributed by atoms with E-state index in [1.54, 1.807) is 0 Å². The molecule has 0 bridgehead atoms. The predicted molar refractivity (Wildman–Crippen MR) is 89.1 cm³/mol. The van der Waals surface area contributed by atoms with Crippen LogP contribution >= 0.6 is 11.6 Å². The van der Waals surface area contributed by atoms with Crippen LogP contribution in [0.5, 0.6) is 0 Å². The lowest BCUT2D eigenvalue weighted by molar-refractivity contribution is 0.104. The fourth-order valence-corrected chi connectivity index (χ4v) is 2.91. The van der Waals surface area contributed by atoms with E-state index in [2.05, 4.69) is 19.2 Å². The van der Waals surface area contributed by atoms with Crippen LogP contribution in [0.15, 0.2) is 29.3 Å². The number of benzene rings is 1. The summed E-state index contributed by atoms with van der Waals surface area (Å²) in [5.74, 6) is 0.927. The molecule has 1 aliphatic rings. The number of rotatable bonds is 6. The molecule has 0 fully saturated rings. The highest BCUT2D eigenvalue weighted by atomic mass is 35.5. The number of ether oxygens (including phenoxy) is 1. The molecule has 1 atom stereocenters. The van der Waals surface area contributed by atoms with Crippen molar-refractivity contribution in [3.05, 3.63) is 34.9 Å². The molecule has 1 aliphatic heterocycles. The minimum Gasteiger partial charge on any atom is -0.371 e. The molecule has 2 rings (SSSR count). The summed E-state index contributed by atoms with van der Waals surface area (Å²) in [6.45, 7) is 8.95. The van der Waals surface area contributed by atoms with Crippen molar-refractivity contribution in [1.29, 1.82) is 0 Å². The van der Waals surface area contributed by atoms with Crippen molar-refractivity contribution in [2.24, 2.45) is 10.4 Å². The number of nitrogens with zero attached hydrogens (tertiary/aromatic N) is 1. The Labute approximate surface area is 132 Å². The summed E-state index contributed by atoms with van der Waals surface area (Å²) in [5, 5.41) is 4.22. The van der Waals surface area contributed by atoms with Crippen LogP contribution in [0, 0.1) is 5.41 Å². The summed E-state index contributed by atoms with van der Waals surface area (Å²) in [5.41, 5.74) is 1.34. The van der Waals surface area contributed by atoms with Crippen LogP contribution in [-0.4, -0.2) is 25.5 Å². The highest BCUT2D eigenvalue weighted by molar-refractivity contribution is 6.30. The Morgan fingerprint density at radius 3 is 2.62 bits per heavy atom. The zero-order chi connectivity index (χ0) is 15.3. The summed E-state index contributed by atoms with van der Waals surface area (Å²) < 4.78 is 5.91. The van der Waals surface area contributed by atoms with Gasteiger partial charge in [0.25, 0.3) is 0 Å². The molecule has 1 heterocycles. The summed E-state index contributed by atoms with van der Waals surface area (Å²) >= 11 is 6.10. The molecule has 0 aliphatic carbocycles. The topological polar surface area (TPSA) is 33.6 Å². The first-order valence-electron chi connectivity index (χ1n) is 7.79. The highest BCUT2D eigenvalue weighted by Crippen LogP contribution is 2.30. The molecule has 21 heavy (non-hydrogen) atoms. The maximum Gasteiger partial charge on any atom is 0.139 e. The van der Waals surface area contributed by atoms with Crippen molar-refractivity contribution in [1.82, 2.24) is 5.32 Å². The molecule has 0 radical (unpaired) electrons. The van der Waals surface area contributed by atoms with E-state index in [9.17, 15) is 0 Å². The fraction of sp³-hybridized carbons (Fsp3) is 0.588. The van der Waals surface area contributed by atoms with E-state index >= 15 is 0 Å². The zero-order valence-electron chi connectivity index (χ0n) is 13.2. The molecule has 1 N–H and O–H groups in total. The van der Waals surface area contributed by atoms with E-state index in [0.717, 1.165) is 42.4 Å². The SMILES string of the molecule is CCOC(C1=NCC(CC)(CC)CN1)c1cccc(Cl)c1. The Morgan fingerprint density at radius 2 is 2.10 bits per heavy atom. The molecule has 1 aromatic rings. The molecule has 0 aromatic heterocycles. The molecule has 0 amide bonds. The van der Waals surface area contributed by atoms with Gasteiger partial charge in [0, 0.05) is 30.1 Å². The van der Waals surface area contributed by atoms with E-state index in [-0.39, 0.29) is 11.5 Å². The molecule has 0 saturated heterocycles. The van der Waals surface area contributed by atoms with Crippen LogP contribution in [0.4, 0.5) is 0 Å². The predicted octanol–water partition coefficient (Wildman–Crippen LogP) is 4.23. The number of halogens is 1. The van der Waals surface area contributed by atoms with Crippen LogP contribution < -0.4 is 5.32 Å². The van der Waals surface area contributed by atoms with Crippen molar-refractivity contribution in [2.45, 2.75) is 39.7 Å². The van der Waals surface area contributed by atoms with Crippen molar-refractivity contribution >= 4 is 17.4 Å². The summed E-state index contributed by atoms with van der Waals surface area (Å²) in [6.07, 6.45) is 2.13. The summed E-state index contributed by atoms with van der Waals surface area (Å²) in [7, 11) is 0. The molecule has 0 saturated carbocycles. The van der Waals surface area contributed by atoms with Gasteiger partial charge in [-0.3, -0.25) is 4.99 Å². The van der Waals surface area contributed by atoms with Crippen LogP contribution in [0.3, 0.4) is 0 Å². The van der Waals surface area contributed by atoms with Gasteiger partial charge in [-0.25, -0.2) is 0 Å². The fourth-order valence-electron chi connectivity index (χ4n) is 2.71. The second kappa shape index (κ2) is 7.28. The molecule has 1 unspecified atom stereocenters. The number of hydrogen-bond donors (Lipinski definition) is 1. The van der Waals surface area contributed by atoms with Crippen LogP contribution in [0.25, 0.3) is 0 Å². The lowest BCUT2D eigenvalue weighted by Gasteiger charge is -2.36. The average molecular weight is 309 g/mol. The van der Waals surface area contributed by atoms with Gasteiger partial charge in [0.15, 0.2) is 0 Å². The van der Waals surface area contributed by atoms with Crippen LogP contribution in [-0.2, 0) is 4.74 Å². The van der Waals surface area contributed by atoms with Gasteiger partial charge in [0.1, 0.15) is 11.9 Å². The van der Waals surface area contributed by atoms with Gasteiger partial charge >= 0.3 is 0 Å². The molecular weight excluding hydrogens is 284 g/mol. The smallest absolute Gasteiger partial charge is 0.139 e. The molecule has 3 nitrogen and oxygen atoms in total. The summed E-state index contributed by atoms with van der Waals surface area (Å²) in [4.78, 5) is 4.79. The number of amidine groups is 1. The van der Waals surface area contributed by atoms with E-state index in [4.69, 9.17) is 21.3 Å². The average Bonchev–Trinajstić information content (AvgIpc) is 2.53. The first-order valence-corrected chi connectivity index (χ1v) is 8.17. The van der Waals surface area contributed by atoms with Crippen molar-refractivity contribution in [2.75, 3.05) is 19.7 Å². The van der Waals surface area contributed by atoms with E-state index in [1.807, 2.05) is 31.2 Å². The van der Waals surface area contributed by atoms with Crippen molar-refractivity contribution < 1.29 is 4.74 Å². The van der Waals surface area contributed by atoms with Gasteiger partial charge in [0.05, 0.1) is 0 Å². The number of aliphatic imine (C=N–C) groups is 1. The second-order valence-electron chi connectivity index (χ2n) is 5.65. The molecule has 0 spiro atoms.